The molecule has 2 aromatic heterocycles. The Morgan fingerprint density at radius 3 is 2.70 bits per heavy atom. The Hall–Kier alpha value is -1.89. The number of rotatable bonds is 4. The normalized spacial score (nSPS) is 18.2. The zero-order valence-corrected chi connectivity index (χ0v) is 16.8. The molecular formula is C20H21ClN4OS. The largest absolute Gasteiger partial charge is 0.481 e. The number of hydrogen-bond acceptors (Lipinski definition) is 6. The Morgan fingerprint density at radius 2 is 1.96 bits per heavy atom. The van der Waals surface area contributed by atoms with Crippen molar-refractivity contribution < 1.29 is 4.74 Å². The lowest BCUT2D eigenvalue weighted by atomic mass is 10.1. The Morgan fingerprint density at radius 1 is 1.15 bits per heavy atom. The van der Waals surface area contributed by atoms with Crippen molar-refractivity contribution in [1.82, 2.24) is 14.9 Å². The smallest absolute Gasteiger partial charge is 0.213 e. The molecule has 1 aliphatic heterocycles. The van der Waals surface area contributed by atoms with Gasteiger partial charge in [-0.2, -0.15) is 0 Å². The molecule has 2 aliphatic rings. The standard InChI is InChI=1S/C20H21ClN4OS/c1-26-19-11-15(16(21)12-22-19)13-2-5-17-18(10-13)27-20(23-17)25-8-6-24(7-9-25)14-3-4-14/h2,5,10-12,14H,3-4,6-9H2,1H3. The van der Waals surface area contributed by atoms with Gasteiger partial charge >= 0.3 is 0 Å². The first-order valence-corrected chi connectivity index (χ1v) is 10.5. The highest BCUT2D eigenvalue weighted by Crippen LogP contribution is 2.36. The van der Waals surface area contributed by atoms with E-state index in [9.17, 15) is 0 Å². The molecule has 5 nitrogen and oxygen atoms in total. The highest BCUT2D eigenvalue weighted by Gasteiger charge is 2.31. The molecule has 1 saturated heterocycles. The van der Waals surface area contributed by atoms with Crippen molar-refractivity contribution in [1.29, 1.82) is 0 Å². The molecule has 7 heteroatoms. The second kappa shape index (κ2) is 6.93. The summed E-state index contributed by atoms with van der Waals surface area (Å²) in [4.78, 5) is 14.1. The van der Waals surface area contributed by atoms with Gasteiger partial charge in [0.2, 0.25) is 5.88 Å². The van der Waals surface area contributed by atoms with Gasteiger partial charge in [-0.1, -0.05) is 29.0 Å². The molecule has 0 bridgehead atoms. The van der Waals surface area contributed by atoms with Crippen LogP contribution in [0.2, 0.25) is 5.02 Å². The number of benzene rings is 1. The highest BCUT2D eigenvalue weighted by atomic mass is 35.5. The Bertz CT molecular complexity index is 979. The van der Waals surface area contributed by atoms with E-state index in [1.165, 1.54) is 17.5 Å². The zero-order valence-electron chi connectivity index (χ0n) is 15.2. The van der Waals surface area contributed by atoms with E-state index in [2.05, 4.69) is 33.0 Å². The minimum absolute atomic E-state index is 0.563. The molecule has 27 heavy (non-hydrogen) atoms. The van der Waals surface area contributed by atoms with Crippen molar-refractivity contribution in [2.45, 2.75) is 18.9 Å². The average Bonchev–Trinajstić information content (AvgIpc) is 3.47. The van der Waals surface area contributed by atoms with Gasteiger partial charge in [-0.3, -0.25) is 4.90 Å². The van der Waals surface area contributed by atoms with E-state index in [-0.39, 0.29) is 0 Å². The number of fused-ring (bicyclic) bond motifs is 1. The summed E-state index contributed by atoms with van der Waals surface area (Å²) < 4.78 is 6.42. The van der Waals surface area contributed by atoms with Gasteiger partial charge < -0.3 is 9.64 Å². The van der Waals surface area contributed by atoms with Crippen molar-refractivity contribution in [3.05, 3.63) is 35.5 Å². The zero-order chi connectivity index (χ0) is 18.4. The molecule has 1 saturated carbocycles. The van der Waals surface area contributed by atoms with Crippen LogP contribution in [0.15, 0.2) is 30.5 Å². The van der Waals surface area contributed by atoms with Crippen LogP contribution in [-0.2, 0) is 0 Å². The number of halogens is 1. The molecule has 3 heterocycles. The first-order chi connectivity index (χ1) is 13.2. The van der Waals surface area contributed by atoms with Gasteiger partial charge in [-0.15, -0.1) is 0 Å². The van der Waals surface area contributed by atoms with Crippen LogP contribution < -0.4 is 9.64 Å². The summed E-state index contributed by atoms with van der Waals surface area (Å²) in [5, 5.41) is 1.74. The van der Waals surface area contributed by atoms with Crippen LogP contribution in [0.5, 0.6) is 5.88 Å². The summed E-state index contributed by atoms with van der Waals surface area (Å²) in [5.41, 5.74) is 3.03. The number of thiazole rings is 1. The summed E-state index contributed by atoms with van der Waals surface area (Å²) in [5.74, 6) is 0.563. The third kappa shape index (κ3) is 3.37. The van der Waals surface area contributed by atoms with Crippen LogP contribution in [0, 0.1) is 0 Å². The molecule has 0 spiro atoms. The molecule has 0 atom stereocenters. The van der Waals surface area contributed by atoms with Gasteiger partial charge in [-0.05, 0) is 30.5 Å². The van der Waals surface area contributed by atoms with E-state index in [1.54, 1.807) is 24.6 Å². The van der Waals surface area contributed by atoms with Crippen molar-refractivity contribution in [2.75, 3.05) is 38.2 Å². The molecule has 140 valence electrons. The first kappa shape index (κ1) is 17.2. The molecular weight excluding hydrogens is 380 g/mol. The van der Waals surface area contributed by atoms with E-state index >= 15 is 0 Å². The Kier molecular flexibility index (Phi) is 4.42. The van der Waals surface area contributed by atoms with Gasteiger partial charge in [0.25, 0.3) is 0 Å². The third-order valence-corrected chi connectivity index (χ3v) is 6.76. The molecule has 1 aromatic carbocycles. The number of aromatic nitrogens is 2. The van der Waals surface area contributed by atoms with Crippen molar-refractivity contribution in [2.24, 2.45) is 0 Å². The number of piperazine rings is 1. The highest BCUT2D eigenvalue weighted by molar-refractivity contribution is 7.22. The second-order valence-electron chi connectivity index (χ2n) is 7.14. The van der Waals surface area contributed by atoms with Gasteiger partial charge in [0.1, 0.15) is 0 Å². The first-order valence-electron chi connectivity index (χ1n) is 9.31. The van der Waals surface area contributed by atoms with E-state index in [4.69, 9.17) is 21.3 Å². The number of ether oxygens (including phenoxy) is 1. The lowest BCUT2D eigenvalue weighted by molar-refractivity contribution is 0.248. The van der Waals surface area contributed by atoms with Crippen molar-refractivity contribution >= 4 is 38.3 Å². The molecule has 0 radical (unpaired) electrons. The Balaban J connectivity index is 1.42. The fourth-order valence-electron chi connectivity index (χ4n) is 3.69. The SMILES string of the molecule is COc1cc(-c2ccc3nc(N4CCN(C5CC5)CC4)sc3c2)c(Cl)cn1. The maximum Gasteiger partial charge on any atom is 0.213 e. The topological polar surface area (TPSA) is 41.5 Å². The molecule has 0 amide bonds. The quantitative estimate of drug-likeness (QED) is 0.652. The number of pyridine rings is 1. The van der Waals surface area contributed by atoms with E-state index in [0.29, 0.717) is 10.9 Å². The number of anilines is 1. The summed E-state index contributed by atoms with van der Waals surface area (Å²) >= 11 is 8.13. The molecule has 3 aromatic rings. The van der Waals surface area contributed by atoms with Crippen LogP contribution in [0.4, 0.5) is 5.13 Å². The van der Waals surface area contributed by atoms with Crippen LogP contribution in [0.1, 0.15) is 12.8 Å². The molecule has 2 fully saturated rings. The minimum Gasteiger partial charge on any atom is -0.481 e. The second-order valence-corrected chi connectivity index (χ2v) is 8.56. The summed E-state index contributed by atoms with van der Waals surface area (Å²) in [6, 6.07) is 9.04. The summed E-state index contributed by atoms with van der Waals surface area (Å²) in [6.45, 7) is 4.43. The fourth-order valence-corrected chi connectivity index (χ4v) is 4.95. The maximum atomic E-state index is 6.37. The number of nitrogens with zero attached hydrogens (tertiary/aromatic N) is 4. The lowest BCUT2D eigenvalue weighted by Crippen LogP contribution is -2.47. The summed E-state index contributed by atoms with van der Waals surface area (Å²) in [6.07, 6.45) is 4.40. The monoisotopic (exact) mass is 400 g/mol. The number of hydrogen-bond donors (Lipinski definition) is 0. The van der Waals surface area contributed by atoms with Crippen LogP contribution >= 0.6 is 22.9 Å². The van der Waals surface area contributed by atoms with E-state index in [1.807, 2.05) is 6.07 Å². The predicted molar refractivity (Wildman–Crippen MR) is 111 cm³/mol. The van der Waals surface area contributed by atoms with E-state index < -0.39 is 0 Å². The number of methoxy groups -OCH3 is 1. The van der Waals surface area contributed by atoms with E-state index in [0.717, 1.165) is 54.0 Å². The fraction of sp³-hybridized carbons (Fsp3) is 0.400. The molecule has 0 unspecified atom stereocenters. The average molecular weight is 401 g/mol. The van der Waals surface area contributed by atoms with Crippen LogP contribution in [-0.4, -0.2) is 54.2 Å². The molecule has 0 N–H and O–H groups in total. The van der Waals surface area contributed by atoms with Crippen LogP contribution in [0.25, 0.3) is 21.3 Å². The molecule has 1 aliphatic carbocycles. The van der Waals surface area contributed by atoms with Gasteiger partial charge in [0.15, 0.2) is 5.13 Å². The lowest BCUT2D eigenvalue weighted by Gasteiger charge is -2.34. The van der Waals surface area contributed by atoms with Gasteiger partial charge in [0, 0.05) is 43.9 Å². The third-order valence-electron chi connectivity index (χ3n) is 5.38. The van der Waals surface area contributed by atoms with Crippen LogP contribution in [0.3, 0.4) is 0 Å². The van der Waals surface area contributed by atoms with Gasteiger partial charge in [0.05, 0.1) is 28.5 Å². The minimum atomic E-state index is 0.563. The van der Waals surface area contributed by atoms with Crippen molar-refractivity contribution in [3.63, 3.8) is 0 Å². The predicted octanol–water partition coefficient (Wildman–Crippen LogP) is 4.30. The molecule has 5 rings (SSSR count). The summed E-state index contributed by atoms with van der Waals surface area (Å²) in [7, 11) is 1.61. The maximum absolute atomic E-state index is 6.37. The van der Waals surface area contributed by atoms with Crippen molar-refractivity contribution in [3.8, 4) is 17.0 Å². The Labute approximate surface area is 167 Å². The van der Waals surface area contributed by atoms with Gasteiger partial charge in [-0.25, -0.2) is 9.97 Å².